The molecule has 1 atom stereocenters. The zero-order valence-electron chi connectivity index (χ0n) is 17.7. The first kappa shape index (κ1) is 21.3. The van der Waals surface area contributed by atoms with E-state index in [0.29, 0.717) is 32.0 Å². The molecule has 1 aliphatic heterocycles. The van der Waals surface area contributed by atoms with Gasteiger partial charge in [-0.15, -0.1) is 11.3 Å². The Hall–Kier alpha value is -2.90. The summed E-state index contributed by atoms with van der Waals surface area (Å²) >= 11 is 1.61. The number of carbonyl (C=O) groups is 1. The molecule has 1 unspecified atom stereocenters. The molecular formula is C24H28N4O2S. The summed E-state index contributed by atoms with van der Waals surface area (Å²) < 4.78 is 1.18. The number of fused-ring (bicyclic) bond motifs is 1. The molecule has 6 nitrogen and oxygen atoms in total. The van der Waals surface area contributed by atoms with E-state index in [4.69, 9.17) is 0 Å². The average Bonchev–Trinajstić information content (AvgIpc) is 3.41. The Morgan fingerprint density at radius 3 is 2.65 bits per heavy atom. The quantitative estimate of drug-likeness (QED) is 0.392. The fraction of sp³-hybridized carbons (Fsp3) is 0.333. The Morgan fingerprint density at radius 1 is 1.16 bits per heavy atom. The van der Waals surface area contributed by atoms with Gasteiger partial charge in [-0.2, -0.15) is 0 Å². The first-order valence-electron chi connectivity index (χ1n) is 10.6. The molecule has 3 N–H and O–H groups in total. The Labute approximate surface area is 186 Å². The normalized spacial score (nSPS) is 15.5. The van der Waals surface area contributed by atoms with Gasteiger partial charge in [0.1, 0.15) is 6.10 Å². The number of nitrogens with one attached hydrogen (secondary N) is 2. The third-order valence-corrected chi connectivity index (χ3v) is 6.70. The Morgan fingerprint density at radius 2 is 1.94 bits per heavy atom. The largest absolute Gasteiger partial charge is 0.386 e. The Bertz CT molecular complexity index is 1030. The van der Waals surface area contributed by atoms with Crippen LogP contribution in [0.4, 0.5) is 0 Å². The van der Waals surface area contributed by atoms with E-state index in [0.717, 1.165) is 34.4 Å². The van der Waals surface area contributed by atoms with Crippen molar-refractivity contribution in [1.29, 1.82) is 0 Å². The maximum absolute atomic E-state index is 11.8. The highest BCUT2D eigenvalue weighted by Crippen LogP contribution is 2.29. The maximum atomic E-state index is 11.8. The van der Waals surface area contributed by atoms with Crippen LogP contribution in [0.15, 0.2) is 59.6 Å². The lowest BCUT2D eigenvalue weighted by molar-refractivity contribution is -0.128. The van der Waals surface area contributed by atoms with E-state index in [1.54, 1.807) is 18.4 Å². The molecule has 0 bridgehead atoms. The van der Waals surface area contributed by atoms with Crippen molar-refractivity contribution in [2.24, 2.45) is 4.99 Å². The highest BCUT2D eigenvalue weighted by atomic mass is 32.1. The summed E-state index contributed by atoms with van der Waals surface area (Å²) in [5.41, 5.74) is 2.28. The summed E-state index contributed by atoms with van der Waals surface area (Å²) in [5.74, 6) is 0.894. The zero-order chi connectivity index (χ0) is 21.6. The third-order valence-electron chi connectivity index (χ3n) is 5.49. The third kappa shape index (κ3) is 5.42. The summed E-state index contributed by atoms with van der Waals surface area (Å²) in [4.78, 5) is 18.9. The molecule has 0 spiro atoms. The van der Waals surface area contributed by atoms with E-state index in [9.17, 15) is 9.90 Å². The van der Waals surface area contributed by atoms with Crippen molar-refractivity contribution in [3.63, 3.8) is 0 Å². The van der Waals surface area contributed by atoms with Crippen LogP contribution in [-0.4, -0.2) is 42.0 Å². The number of amides is 1. The fourth-order valence-electron chi connectivity index (χ4n) is 3.72. The minimum atomic E-state index is -0.594. The zero-order valence-corrected chi connectivity index (χ0v) is 18.5. The van der Waals surface area contributed by atoms with Crippen molar-refractivity contribution in [3.05, 3.63) is 70.6 Å². The molecule has 1 aliphatic rings. The first-order valence-corrected chi connectivity index (χ1v) is 11.4. The van der Waals surface area contributed by atoms with Crippen molar-refractivity contribution >= 4 is 33.3 Å². The van der Waals surface area contributed by atoms with Gasteiger partial charge in [0.2, 0.25) is 5.91 Å². The summed E-state index contributed by atoms with van der Waals surface area (Å²) in [6, 6.07) is 18.5. The molecule has 1 saturated heterocycles. The second-order valence-corrected chi connectivity index (χ2v) is 8.86. The number of aliphatic imine (C=N–C) groups is 1. The van der Waals surface area contributed by atoms with Crippen LogP contribution < -0.4 is 10.6 Å². The maximum Gasteiger partial charge on any atom is 0.222 e. The minimum absolute atomic E-state index is 0.249. The number of benzene rings is 2. The number of likely N-dealkylation sites (tertiary alicyclic amines) is 1. The van der Waals surface area contributed by atoms with Gasteiger partial charge in [-0.05, 0) is 35.1 Å². The van der Waals surface area contributed by atoms with Gasteiger partial charge < -0.3 is 20.6 Å². The van der Waals surface area contributed by atoms with Crippen LogP contribution in [0.3, 0.4) is 0 Å². The predicted octanol–water partition coefficient (Wildman–Crippen LogP) is 3.42. The molecule has 7 heteroatoms. The van der Waals surface area contributed by atoms with Crippen molar-refractivity contribution in [3.8, 4) is 0 Å². The van der Waals surface area contributed by atoms with E-state index in [1.165, 1.54) is 4.70 Å². The number of nitrogens with zero attached hydrogens (tertiary/aromatic N) is 2. The molecule has 0 saturated carbocycles. The molecule has 162 valence electrons. The topological polar surface area (TPSA) is 77.0 Å². The number of aliphatic hydroxyl groups is 1. The lowest BCUT2D eigenvalue weighted by atomic mass is 10.1. The number of carbonyl (C=O) groups excluding carboxylic acids is 1. The summed E-state index contributed by atoms with van der Waals surface area (Å²) in [6.45, 7) is 2.56. The van der Waals surface area contributed by atoms with Crippen LogP contribution in [0.25, 0.3) is 10.1 Å². The summed E-state index contributed by atoms with van der Waals surface area (Å²) in [7, 11) is 1.72. The second kappa shape index (κ2) is 9.94. The molecule has 1 fully saturated rings. The minimum Gasteiger partial charge on any atom is -0.386 e. The van der Waals surface area contributed by atoms with E-state index < -0.39 is 6.10 Å². The predicted molar refractivity (Wildman–Crippen MR) is 126 cm³/mol. The van der Waals surface area contributed by atoms with E-state index in [-0.39, 0.29) is 5.91 Å². The fourth-order valence-corrected chi connectivity index (χ4v) is 4.77. The molecule has 31 heavy (non-hydrogen) atoms. The second-order valence-electron chi connectivity index (χ2n) is 7.74. The van der Waals surface area contributed by atoms with E-state index in [2.05, 4.69) is 52.0 Å². The van der Waals surface area contributed by atoms with Crippen molar-refractivity contribution in [1.82, 2.24) is 15.5 Å². The Balaban J connectivity index is 1.25. The van der Waals surface area contributed by atoms with E-state index in [1.807, 2.05) is 23.1 Å². The average molecular weight is 437 g/mol. The molecule has 0 radical (unpaired) electrons. The van der Waals surface area contributed by atoms with Crippen LogP contribution >= 0.6 is 11.3 Å². The molecule has 1 amide bonds. The highest BCUT2D eigenvalue weighted by molar-refractivity contribution is 7.19. The number of guanidine groups is 1. The van der Waals surface area contributed by atoms with Crippen molar-refractivity contribution in [2.75, 3.05) is 20.1 Å². The number of rotatable bonds is 7. The SMILES string of the molecule is CN=C(NCc1ccc(CN2CCCC2=O)cc1)NCC(O)c1cc2ccccc2s1. The highest BCUT2D eigenvalue weighted by Gasteiger charge is 2.19. The smallest absolute Gasteiger partial charge is 0.222 e. The van der Waals surface area contributed by atoms with Gasteiger partial charge in [0.05, 0.1) is 0 Å². The standard InChI is InChI=1S/C24H28N4O2S/c1-25-24(27-15-20(29)22-13-19-5-2-3-6-21(19)31-22)26-14-17-8-10-18(11-9-17)16-28-12-4-7-23(28)30/h2-3,5-6,8-11,13,20,29H,4,7,12,14-16H2,1H3,(H2,25,26,27). The van der Waals surface area contributed by atoms with Gasteiger partial charge in [-0.1, -0.05) is 42.5 Å². The van der Waals surface area contributed by atoms with Gasteiger partial charge >= 0.3 is 0 Å². The van der Waals surface area contributed by atoms with Crippen LogP contribution in [0.1, 0.15) is 34.9 Å². The van der Waals surface area contributed by atoms with Gasteiger partial charge in [0.15, 0.2) is 5.96 Å². The van der Waals surface area contributed by atoms with Gasteiger partial charge in [-0.3, -0.25) is 9.79 Å². The molecule has 1 aromatic heterocycles. The Kier molecular flexibility index (Phi) is 6.84. The van der Waals surface area contributed by atoms with Gasteiger partial charge in [0.25, 0.3) is 0 Å². The molecule has 0 aliphatic carbocycles. The molecule has 2 aromatic carbocycles. The molecule has 4 rings (SSSR count). The monoisotopic (exact) mass is 436 g/mol. The lowest BCUT2D eigenvalue weighted by Gasteiger charge is -2.16. The number of thiophene rings is 1. The molecular weight excluding hydrogens is 408 g/mol. The van der Waals surface area contributed by atoms with Gasteiger partial charge in [-0.25, -0.2) is 0 Å². The van der Waals surface area contributed by atoms with E-state index >= 15 is 0 Å². The lowest BCUT2D eigenvalue weighted by Crippen LogP contribution is -2.38. The first-order chi connectivity index (χ1) is 15.1. The summed E-state index contributed by atoms with van der Waals surface area (Å²) in [5, 5.41) is 18.2. The number of hydrogen-bond donors (Lipinski definition) is 3. The number of aliphatic hydroxyl groups excluding tert-OH is 1. The van der Waals surface area contributed by atoms with Crippen LogP contribution in [-0.2, 0) is 17.9 Å². The van der Waals surface area contributed by atoms with Crippen molar-refractivity contribution < 1.29 is 9.90 Å². The molecule has 3 aromatic rings. The van der Waals surface area contributed by atoms with Crippen LogP contribution in [0.5, 0.6) is 0 Å². The van der Waals surface area contributed by atoms with Gasteiger partial charge in [0, 0.05) is 49.2 Å². The molecule has 2 heterocycles. The van der Waals surface area contributed by atoms with Crippen molar-refractivity contribution in [2.45, 2.75) is 32.0 Å². The summed E-state index contributed by atoms with van der Waals surface area (Å²) in [6.07, 6.45) is 1.04. The number of hydrogen-bond acceptors (Lipinski definition) is 4. The van der Waals surface area contributed by atoms with Crippen LogP contribution in [0.2, 0.25) is 0 Å². The van der Waals surface area contributed by atoms with Crippen LogP contribution in [0, 0.1) is 0 Å².